The third kappa shape index (κ3) is 6.17. The van der Waals surface area contributed by atoms with Gasteiger partial charge in [-0.2, -0.15) is 0 Å². The van der Waals surface area contributed by atoms with Crippen molar-refractivity contribution in [3.63, 3.8) is 0 Å². The van der Waals surface area contributed by atoms with Crippen LogP contribution in [0.2, 0.25) is 19.6 Å². The number of hydrogen-bond donors (Lipinski definition) is 1. The quantitative estimate of drug-likeness (QED) is 0.609. The highest BCUT2D eigenvalue weighted by molar-refractivity contribution is 6.80. The second-order valence-electron chi connectivity index (χ2n) is 5.21. The van der Waals surface area contributed by atoms with E-state index in [-0.39, 0.29) is 0 Å². The predicted molar refractivity (Wildman–Crippen MR) is 78.6 cm³/mol. The fraction of sp³-hybridized carbons (Fsp3) is 0.429. The number of ether oxygens (including phenoxy) is 1. The first-order chi connectivity index (χ1) is 8.01. The molecule has 3 heteroatoms. The van der Waals surface area contributed by atoms with Crippen molar-refractivity contribution < 1.29 is 4.74 Å². The lowest BCUT2D eigenvalue weighted by Gasteiger charge is -2.09. The normalized spacial score (nSPS) is 11.8. The minimum absolute atomic E-state index is 0.897. The van der Waals surface area contributed by atoms with E-state index in [0.29, 0.717) is 0 Å². The van der Waals surface area contributed by atoms with Crippen molar-refractivity contribution in [1.82, 2.24) is 0 Å². The maximum absolute atomic E-state index is 5.12. The average molecular weight is 249 g/mol. The summed E-state index contributed by atoms with van der Waals surface area (Å²) in [4.78, 5) is 0. The molecular formula is C14H23NOSi. The van der Waals surface area contributed by atoms with Crippen LogP contribution in [0.15, 0.2) is 36.0 Å². The molecule has 0 saturated heterocycles. The van der Waals surface area contributed by atoms with Crippen LogP contribution in [0.3, 0.4) is 0 Å². The second-order valence-corrected chi connectivity index (χ2v) is 10.3. The van der Waals surface area contributed by atoms with E-state index < -0.39 is 8.07 Å². The first-order valence-electron chi connectivity index (χ1n) is 6.07. The summed E-state index contributed by atoms with van der Waals surface area (Å²) < 4.78 is 5.12. The number of rotatable bonds is 6. The summed E-state index contributed by atoms with van der Waals surface area (Å²) in [6, 6.07) is 8.03. The smallest absolute Gasteiger partial charge is 0.119 e. The van der Waals surface area contributed by atoms with E-state index in [4.69, 9.17) is 4.74 Å². The third-order valence-electron chi connectivity index (χ3n) is 2.35. The summed E-state index contributed by atoms with van der Waals surface area (Å²) in [6.45, 7) is 8.02. The molecule has 2 nitrogen and oxygen atoms in total. The fourth-order valence-corrected chi connectivity index (χ4v) is 2.32. The lowest BCUT2D eigenvalue weighted by Crippen LogP contribution is -2.15. The minimum atomic E-state index is -1.02. The van der Waals surface area contributed by atoms with Crippen molar-refractivity contribution >= 4 is 13.8 Å². The van der Waals surface area contributed by atoms with Crippen LogP contribution < -0.4 is 10.1 Å². The molecule has 1 aromatic carbocycles. The standard InChI is InChI=1S/C14H23NOSi/c1-16-14-9-7-13(8-10-14)15-11-5-6-12-17(2,3)4/h6-10,12,15H,5,11H2,1-4H3/b12-6+. The van der Waals surface area contributed by atoms with E-state index in [2.05, 4.69) is 36.7 Å². The molecule has 0 bridgehead atoms. The molecule has 0 aliphatic rings. The maximum atomic E-state index is 5.12. The van der Waals surface area contributed by atoms with Crippen LogP contribution in [0.4, 0.5) is 5.69 Å². The van der Waals surface area contributed by atoms with Crippen LogP contribution >= 0.6 is 0 Å². The zero-order chi connectivity index (χ0) is 12.7. The van der Waals surface area contributed by atoms with Crippen LogP contribution in [0.5, 0.6) is 5.75 Å². The van der Waals surface area contributed by atoms with Gasteiger partial charge in [-0.1, -0.05) is 31.4 Å². The fourth-order valence-electron chi connectivity index (χ4n) is 1.45. The van der Waals surface area contributed by atoms with Gasteiger partial charge in [-0.25, -0.2) is 0 Å². The monoisotopic (exact) mass is 249 g/mol. The van der Waals surface area contributed by atoms with Gasteiger partial charge in [-0.05, 0) is 30.7 Å². The summed E-state index contributed by atoms with van der Waals surface area (Å²) in [5, 5.41) is 3.39. The van der Waals surface area contributed by atoms with Gasteiger partial charge in [0.1, 0.15) is 5.75 Å². The SMILES string of the molecule is COc1ccc(NCC/C=C/[Si](C)(C)C)cc1. The van der Waals surface area contributed by atoms with Crippen LogP contribution in [-0.2, 0) is 0 Å². The molecule has 0 saturated carbocycles. The van der Waals surface area contributed by atoms with Crippen LogP contribution in [-0.4, -0.2) is 21.7 Å². The first-order valence-corrected chi connectivity index (χ1v) is 9.64. The Hall–Kier alpha value is -1.22. The molecule has 1 N–H and O–H groups in total. The predicted octanol–water partition coefficient (Wildman–Crippen LogP) is 3.93. The molecule has 17 heavy (non-hydrogen) atoms. The highest BCUT2D eigenvalue weighted by atomic mass is 28.3. The summed E-state index contributed by atoms with van der Waals surface area (Å²) >= 11 is 0. The van der Waals surface area contributed by atoms with Crippen molar-refractivity contribution in [3.8, 4) is 5.75 Å². The molecule has 0 amide bonds. The molecule has 0 aliphatic carbocycles. The minimum Gasteiger partial charge on any atom is -0.497 e. The Morgan fingerprint density at radius 2 is 1.82 bits per heavy atom. The molecule has 0 aliphatic heterocycles. The average Bonchev–Trinajstić information content (AvgIpc) is 2.28. The van der Waals surface area contributed by atoms with Gasteiger partial charge in [-0.3, -0.25) is 0 Å². The van der Waals surface area contributed by atoms with Crippen LogP contribution in [0.25, 0.3) is 0 Å². The Labute approximate surface area is 106 Å². The number of benzene rings is 1. The van der Waals surface area contributed by atoms with Gasteiger partial charge >= 0.3 is 0 Å². The molecule has 1 rings (SSSR count). The van der Waals surface area contributed by atoms with Crippen LogP contribution in [0, 0.1) is 0 Å². The highest BCUT2D eigenvalue weighted by Gasteiger charge is 2.05. The molecule has 0 fully saturated rings. The number of anilines is 1. The molecule has 0 unspecified atom stereocenters. The molecule has 0 atom stereocenters. The van der Waals surface area contributed by atoms with E-state index in [1.54, 1.807) is 7.11 Å². The van der Waals surface area contributed by atoms with E-state index in [1.807, 2.05) is 24.3 Å². The Morgan fingerprint density at radius 1 is 1.18 bits per heavy atom. The summed E-state index contributed by atoms with van der Waals surface area (Å²) in [5.41, 5.74) is 3.54. The molecule has 0 spiro atoms. The highest BCUT2D eigenvalue weighted by Crippen LogP contribution is 2.14. The van der Waals surface area contributed by atoms with Crippen LogP contribution in [0.1, 0.15) is 6.42 Å². The summed E-state index contributed by atoms with van der Waals surface area (Å²) in [6.07, 6.45) is 3.37. The van der Waals surface area contributed by atoms with Crippen molar-refractivity contribution in [2.75, 3.05) is 19.0 Å². The van der Waals surface area contributed by atoms with Crippen molar-refractivity contribution in [3.05, 3.63) is 36.0 Å². The van der Waals surface area contributed by atoms with E-state index in [0.717, 1.165) is 24.4 Å². The van der Waals surface area contributed by atoms with Crippen molar-refractivity contribution in [1.29, 1.82) is 0 Å². The Morgan fingerprint density at radius 3 is 2.35 bits per heavy atom. The van der Waals surface area contributed by atoms with Gasteiger partial charge in [-0.15, -0.1) is 0 Å². The molecular weight excluding hydrogens is 226 g/mol. The van der Waals surface area contributed by atoms with Crippen molar-refractivity contribution in [2.24, 2.45) is 0 Å². The number of methoxy groups -OCH3 is 1. The van der Waals surface area contributed by atoms with E-state index in [1.165, 1.54) is 0 Å². The Bertz CT molecular complexity index is 351. The zero-order valence-corrected chi connectivity index (χ0v) is 12.3. The molecule has 94 valence electrons. The van der Waals surface area contributed by atoms with E-state index >= 15 is 0 Å². The van der Waals surface area contributed by atoms with Crippen molar-refractivity contribution in [2.45, 2.75) is 26.1 Å². The number of hydrogen-bond acceptors (Lipinski definition) is 2. The van der Waals surface area contributed by atoms with Gasteiger partial charge in [0.2, 0.25) is 0 Å². The lowest BCUT2D eigenvalue weighted by molar-refractivity contribution is 0.415. The van der Waals surface area contributed by atoms with Gasteiger partial charge in [0.15, 0.2) is 0 Å². The first kappa shape index (κ1) is 13.8. The van der Waals surface area contributed by atoms with Gasteiger partial charge < -0.3 is 10.1 Å². The summed E-state index contributed by atoms with van der Waals surface area (Å²) in [7, 11) is 0.660. The zero-order valence-electron chi connectivity index (χ0n) is 11.3. The molecule has 0 aromatic heterocycles. The van der Waals surface area contributed by atoms with E-state index in [9.17, 15) is 0 Å². The Balaban J connectivity index is 2.29. The lowest BCUT2D eigenvalue weighted by atomic mass is 10.3. The molecule has 0 radical (unpaired) electrons. The van der Waals surface area contributed by atoms with Gasteiger partial charge in [0.25, 0.3) is 0 Å². The molecule has 0 heterocycles. The topological polar surface area (TPSA) is 21.3 Å². The molecule has 1 aromatic rings. The summed E-state index contributed by atoms with van der Waals surface area (Å²) in [5.74, 6) is 0.897. The largest absolute Gasteiger partial charge is 0.497 e. The van der Waals surface area contributed by atoms with Gasteiger partial charge in [0.05, 0.1) is 15.2 Å². The number of nitrogens with one attached hydrogen (secondary N) is 1. The maximum Gasteiger partial charge on any atom is 0.119 e. The third-order valence-corrected chi connectivity index (χ3v) is 3.58. The Kier molecular flexibility index (Phi) is 5.29. The second kappa shape index (κ2) is 6.50. The van der Waals surface area contributed by atoms with Gasteiger partial charge in [0, 0.05) is 12.2 Å².